The van der Waals surface area contributed by atoms with Crippen LogP contribution in [0.3, 0.4) is 0 Å². The van der Waals surface area contributed by atoms with E-state index in [1.165, 1.54) is 18.3 Å². The van der Waals surface area contributed by atoms with Crippen LogP contribution in [-0.2, 0) is 12.8 Å². The Bertz CT molecular complexity index is 1050. The Balaban J connectivity index is 1.55. The highest BCUT2D eigenvalue weighted by molar-refractivity contribution is 6.31. The van der Waals surface area contributed by atoms with Crippen molar-refractivity contribution in [3.8, 4) is 5.75 Å². The normalized spacial score (nSPS) is 11.5. The Morgan fingerprint density at radius 2 is 1.77 bits per heavy atom. The van der Waals surface area contributed by atoms with Gasteiger partial charge >= 0.3 is 6.18 Å². The van der Waals surface area contributed by atoms with Gasteiger partial charge in [-0.15, -0.1) is 0 Å². The topological polar surface area (TPSA) is 50.7 Å². The number of nitrogens with one attached hydrogen (secondary N) is 1. The molecule has 0 atom stereocenters. The van der Waals surface area contributed by atoms with Crippen molar-refractivity contribution >= 4 is 23.7 Å². The number of hydrogen-bond donors (Lipinski definition) is 1. The third-order valence-corrected chi connectivity index (χ3v) is 4.43. The van der Waals surface area contributed by atoms with Crippen LogP contribution >= 0.6 is 11.6 Å². The fourth-order valence-corrected chi connectivity index (χ4v) is 2.68. The molecule has 0 aliphatic heterocycles. The SMILES string of the molecule is O=C(N/N=C/c1ccc(OCc2ccccc2Cl)cc1)c1cccc(C(F)(F)F)c1. The smallest absolute Gasteiger partial charge is 0.416 e. The van der Waals surface area contributed by atoms with Gasteiger partial charge in [0.05, 0.1) is 11.8 Å². The van der Waals surface area contributed by atoms with Crippen LogP contribution in [0.4, 0.5) is 13.2 Å². The minimum Gasteiger partial charge on any atom is -0.489 e. The summed E-state index contributed by atoms with van der Waals surface area (Å²) in [7, 11) is 0. The Kier molecular flexibility index (Phi) is 6.74. The van der Waals surface area contributed by atoms with E-state index in [1.807, 2.05) is 18.2 Å². The molecule has 154 valence electrons. The van der Waals surface area contributed by atoms with Crippen molar-refractivity contribution in [3.05, 3.63) is 100 Å². The molecule has 3 aromatic rings. The van der Waals surface area contributed by atoms with Gasteiger partial charge in [-0.25, -0.2) is 5.43 Å². The molecule has 1 N–H and O–H groups in total. The summed E-state index contributed by atoms with van der Waals surface area (Å²) in [6, 6.07) is 18.4. The lowest BCUT2D eigenvalue weighted by molar-refractivity contribution is -0.137. The lowest BCUT2D eigenvalue weighted by Gasteiger charge is -2.08. The number of nitrogens with zero attached hydrogens (tertiary/aromatic N) is 1. The van der Waals surface area contributed by atoms with Crippen LogP contribution in [0.1, 0.15) is 27.0 Å². The summed E-state index contributed by atoms with van der Waals surface area (Å²) in [6.07, 6.45) is -3.14. The number of rotatable bonds is 6. The standard InChI is InChI=1S/C22H16ClF3N2O2/c23-20-7-2-1-4-17(20)14-30-19-10-8-15(9-11-19)13-27-28-21(29)16-5-3-6-18(12-16)22(24,25)26/h1-13H,14H2,(H,28,29)/b27-13+. The van der Waals surface area contributed by atoms with Gasteiger partial charge in [-0.3, -0.25) is 4.79 Å². The van der Waals surface area contributed by atoms with E-state index in [4.69, 9.17) is 16.3 Å². The number of ether oxygens (including phenoxy) is 1. The van der Waals surface area contributed by atoms with E-state index >= 15 is 0 Å². The summed E-state index contributed by atoms with van der Waals surface area (Å²) in [4.78, 5) is 12.0. The molecule has 0 radical (unpaired) electrons. The van der Waals surface area contributed by atoms with Gasteiger partial charge in [0.2, 0.25) is 0 Å². The molecule has 0 aliphatic rings. The van der Waals surface area contributed by atoms with E-state index in [2.05, 4.69) is 10.5 Å². The molecule has 0 heterocycles. The molecular formula is C22H16ClF3N2O2. The van der Waals surface area contributed by atoms with Crippen molar-refractivity contribution in [2.75, 3.05) is 0 Å². The van der Waals surface area contributed by atoms with Crippen molar-refractivity contribution in [1.29, 1.82) is 0 Å². The van der Waals surface area contributed by atoms with Gasteiger partial charge in [-0.05, 0) is 54.1 Å². The number of amides is 1. The molecule has 1 amide bonds. The summed E-state index contributed by atoms with van der Waals surface area (Å²) in [5.41, 5.74) is 2.71. The predicted octanol–water partition coefficient (Wildman–Crippen LogP) is 5.70. The average molecular weight is 433 g/mol. The number of hydrazone groups is 1. The minimum atomic E-state index is -4.52. The molecular weight excluding hydrogens is 417 g/mol. The maximum atomic E-state index is 12.7. The fraction of sp³-hybridized carbons (Fsp3) is 0.0909. The third kappa shape index (κ3) is 5.84. The minimum absolute atomic E-state index is 0.134. The molecule has 0 bridgehead atoms. The Morgan fingerprint density at radius 1 is 1.03 bits per heavy atom. The van der Waals surface area contributed by atoms with Crippen molar-refractivity contribution < 1.29 is 22.7 Å². The Hall–Kier alpha value is -3.32. The third-order valence-electron chi connectivity index (χ3n) is 4.06. The first-order chi connectivity index (χ1) is 14.3. The molecule has 0 aliphatic carbocycles. The first-order valence-electron chi connectivity index (χ1n) is 8.80. The fourth-order valence-electron chi connectivity index (χ4n) is 2.49. The molecule has 30 heavy (non-hydrogen) atoms. The second-order valence-corrected chi connectivity index (χ2v) is 6.63. The number of carbonyl (C=O) groups excluding carboxylic acids is 1. The van der Waals surface area contributed by atoms with Gasteiger partial charge < -0.3 is 4.74 Å². The number of hydrogen-bond acceptors (Lipinski definition) is 3. The molecule has 0 fully saturated rings. The van der Waals surface area contributed by atoms with Crippen LogP contribution in [0.15, 0.2) is 77.9 Å². The highest BCUT2D eigenvalue weighted by atomic mass is 35.5. The average Bonchev–Trinajstić information content (AvgIpc) is 2.73. The zero-order valence-corrected chi connectivity index (χ0v) is 16.2. The first-order valence-corrected chi connectivity index (χ1v) is 9.17. The summed E-state index contributed by atoms with van der Waals surface area (Å²) in [5, 5.41) is 4.40. The summed E-state index contributed by atoms with van der Waals surface area (Å²) < 4.78 is 43.9. The number of alkyl halides is 3. The second kappa shape index (κ2) is 9.45. The van der Waals surface area contributed by atoms with Crippen molar-refractivity contribution in [1.82, 2.24) is 5.43 Å². The highest BCUT2D eigenvalue weighted by Crippen LogP contribution is 2.29. The Morgan fingerprint density at radius 3 is 2.47 bits per heavy atom. The molecule has 0 spiro atoms. The quantitative estimate of drug-likeness (QED) is 0.401. The van der Waals surface area contributed by atoms with E-state index < -0.39 is 17.6 Å². The lowest BCUT2D eigenvalue weighted by Crippen LogP contribution is -2.18. The molecule has 0 unspecified atom stereocenters. The monoisotopic (exact) mass is 432 g/mol. The van der Waals surface area contributed by atoms with E-state index in [0.717, 1.165) is 17.7 Å². The van der Waals surface area contributed by atoms with Gasteiger partial charge in [-0.1, -0.05) is 35.9 Å². The van der Waals surface area contributed by atoms with E-state index in [0.29, 0.717) is 22.9 Å². The maximum Gasteiger partial charge on any atom is 0.416 e. The van der Waals surface area contributed by atoms with Gasteiger partial charge in [0.15, 0.2) is 0 Å². The summed E-state index contributed by atoms with van der Waals surface area (Å²) in [6.45, 7) is 0.320. The van der Waals surface area contributed by atoms with Gasteiger partial charge in [0.1, 0.15) is 12.4 Å². The molecule has 0 aromatic heterocycles. The second-order valence-electron chi connectivity index (χ2n) is 6.23. The molecule has 0 saturated heterocycles. The zero-order valence-electron chi connectivity index (χ0n) is 15.5. The highest BCUT2D eigenvalue weighted by Gasteiger charge is 2.30. The van der Waals surface area contributed by atoms with Crippen molar-refractivity contribution in [2.45, 2.75) is 12.8 Å². The predicted molar refractivity (Wildman–Crippen MR) is 109 cm³/mol. The largest absolute Gasteiger partial charge is 0.489 e. The number of carbonyl (C=O) groups is 1. The van der Waals surface area contributed by atoms with E-state index in [1.54, 1.807) is 30.3 Å². The Labute approximate surface area is 175 Å². The van der Waals surface area contributed by atoms with E-state index in [9.17, 15) is 18.0 Å². The lowest BCUT2D eigenvalue weighted by atomic mass is 10.1. The molecule has 3 rings (SSSR count). The van der Waals surface area contributed by atoms with Crippen molar-refractivity contribution in [3.63, 3.8) is 0 Å². The van der Waals surface area contributed by atoms with Crippen LogP contribution in [0.5, 0.6) is 5.75 Å². The maximum absolute atomic E-state index is 12.7. The molecule has 8 heteroatoms. The molecule has 0 saturated carbocycles. The van der Waals surface area contributed by atoms with Crippen LogP contribution in [0, 0.1) is 0 Å². The van der Waals surface area contributed by atoms with Crippen LogP contribution in [0.2, 0.25) is 5.02 Å². The summed E-state index contributed by atoms with van der Waals surface area (Å²) >= 11 is 6.09. The first kappa shape index (κ1) is 21.4. The molecule has 3 aromatic carbocycles. The van der Waals surface area contributed by atoms with Crippen LogP contribution < -0.4 is 10.2 Å². The van der Waals surface area contributed by atoms with Crippen molar-refractivity contribution in [2.24, 2.45) is 5.10 Å². The van der Waals surface area contributed by atoms with E-state index in [-0.39, 0.29) is 5.56 Å². The summed E-state index contributed by atoms with van der Waals surface area (Å²) in [5.74, 6) is -0.114. The number of halogens is 4. The zero-order chi connectivity index (χ0) is 21.6. The van der Waals surface area contributed by atoms with Gasteiger partial charge in [0, 0.05) is 16.1 Å². The number of benzene rings is 3. The van der Waals surface area contributed by atoms with Gasteiger partial charge in [-0.2, -0.15) is 18.3 Å². The molecule has 4 nitrogen and oxygen atoms in total. The van der Waals surface area contributed by atoms with Crippen LogP contribution in [-0.4, -0.2) is 12.1 Å². The van der Waals surface area contributed by atoms with Crippen LogP contribution in [0.25, 0.3) is 0 Å². The van der Waals surface area contributed by atoms with Gasteiger partial charge in [0.25, 0.3) is 5.91 Å².